The predicted molar refractivity (Wildman–Crippen MR) is 51.3 cm³/mol. The van der Waals surface area contributed by atoms with Gasteiger partial charge in [-0.25, -0.2) is 4.83 Å². The van der Waals surface area contributed by atoms with E-state index in [4.69, 9.17) is 0 Å². The van der Waals surface area contributed by atoms with E-state index in [0.717, 1.165) is 0 Å². The molecule has 1 aromatic carbocycles. The zero-order chi connectivity index (χ0) is 12.2. The van der Waals surface area contributed by atoms with E-state index in [1.807, 2.05) is 0 Å². The highest BCUT2D eigenvalue weighted by molar-refractivity contribution is 7.89. The van der Waals surface area contributed by atoms with Crippen LogP contribution in [0.3, 0.4) is 0 Å². The molecule has 0 saturated heterocycles. The number of hydrogen-bond acceptors (Lipinski definition) is 3. The normalized spacial score (nSPS) is 12.9. The third kappa shape index (κ3) is 3.89. The van der Waals surface area contributed by atoms with Gasteiger partial charge in [-0.1, -0.05) is 18.2 Å². The van der Waals surface area contributed by atoms with Crippen LogP contribution in [0.25, 0.3) is 0 Å². The van der Waals surface area contributed by atoms with Crippen molar-refractivity contribution >= 4 is 16.2 Å². The minimum Gasteiger partial charge on any atom is -0.200 e. The summed E-state index contributed by atoms with van der Waals surface area (Å²) in [6.07, 6.45) is -5.09. The lowest BCUT2D eigenvalue weighted by molar-refractivity contribution is -0.0538. The minimum absolute atomic E-state index is 0.158. The van der Waals surface area contributed by atoms with Gasteiger partial charge in [-0.15, -0.1) is 0 Å². The Balaban J connectivity index is 2.79. The van der Waals surface area contributed by atoms with Crippen molar-refractivity contribution in [3.05, 3.63) is 30.3 Å². The summed E-state index contributed by atoms with van der Waals surface area (Å²) in [6.45, 7) is 0. The fraction of sp³-hybridized carbons (Fsp3) is 0.125. The molecule has 0 aliphatic heterocycles. The molecule has 0 fully saturated rings. The maximum Gasteiger partial charge on any atom is 0.428 e. The quantitative estimate of drug-likeness (QED) is 0.654. The van der Waals surface area contributed by atoms with Crippen molar-refractivity contribution in [1.82, 2.24) is 4.83 Å². The second-order valence-corrected chi connectivity index (χ2v) is 4.37. The summed E-state index contributed by atoms with van der Waals surface area (Å²) in [5.74, 6) is 0. The van der Waals surface area contributed by atoms with Gasteiger partial charge in [0.05, 0.1) is 4.90 Å². The van der Waals surface area contributed by atoms with Crippen molar-refractivity contribution in [2.24, 2.45) is 5.10 Å². The molecule has 0 heterocycles. The van der Waals surface area contributed by atoms with Crippen LogP contribution in [0.4, 0.5) is 13.2 Å². The van der Waals surface area contributed by atoms with Gasteiger partial charge in [-0.2, -0.15) is 26.7 Å². The zero-order valence-corrected chi connectivity index (χ0v) is 8.59. The van der Waals surface area contributed by atoms with Crippen molar-refractivity contribution in [1.29, 1.82) is 0 Å². The van der Waals surface area contributed by atoms with Crippen molar-refractivity contribution in [3.63, 3.8) is 0 Å². The predicted octanol–water partition coefficient (Wildman–Crippen LogP) is 1.51. The fourth-order valence-electron chi connectivity index (χ4n) is 0.821. The summed E-state index contributed by atoms with van der Waals surface area (Å²) < 4.78 is 57.6. The number of nitrogens with one attached hydrogen (secondary N) is 1. The number of halogens is 3. The molecule has 0 aliphatic rings. The van der Waals surface area contributed by atoms with E-state index >= 15 is 0 Å². The van der Waals surface area contributed by atoms with Gasteiger partial charge in [0.1, 0.15) is 6.21 Å². The molecule has 0 atom stereocenters. The number of sulfonamides is 1. The van der Waals surface area contributed by atoms with E-state index in [9.17, 15) is 21.6 Å². The van der Waals surface area contributed by atoms with Gasteiger partial charge in [-0.3, -0.25) is 0 Å². The topological polar surface area (TPSA) is 58.5 Å². The largest absolute Gasteiger partial charge is 0.428 e. The Hall–Kier alpha value is -1.57. The maximum absolute atomic E-state index is 11.6. The summed E-state index contributed by atoms with van der Waals surface area (Å²) in [5.41, 5.74) is 0. The molecule has 0 spiro atoms. The first-order chi connectivity index (χ1) is 7.31. The first-order valence-corrected chi connectivity index (χ1v) is 5.47. The number of hydrogen-bond donors (Lipinski definition) is 1. The summed E-state index contributed by atoms with van der Waals surface area (Å²) in [6, 6.07) is 6.96. The molecule has 1 aromatic rings. The monoisotopic (exact) mass is 252 g/mol. The Labute approximate surface area is 89.8 Å². The second-order valence-electron chi connectivity index (χ2n) is 2.71. The molecule has 16 heavy (non-hydrogen) atoms. The minimum atomic E-state index is -4.65. The van der Waals surface area contributed by atoms with Gasteiger partial charge in [-0.05, 0) is 12.1 Å². The lowest BCUT2D eigenvalue weighted by Gasteiger charge is -2.02. The van der Waals surface area contributed by atoms with Crippen LogP contribution in [0.5, 0.6) is 0 Å². The lowest BCUT2D eigenvalue weighted by atomic mass is 10.4. The van der Waals surface area contributed by atoms with Gasteiger partial charge >= 0.3 is 6.18 Å². The van der Waals surface area contributed by atoms with E-state index < -0.39 is 22.4 Å². The lowest BCUT2D eigenvalue weighted by Crippen LogP contribution is -2.20. The van der Waals surface area contributed by atoms with Crippen molar-refractivity contribution < 1.29 is 21.6 Å². The van der Waals surface area contributed by atoms with E-state index in [1.54, 1.807) is 6.07 Å². The number of rotatable bonds is 3. The third-order valence-corrected chi connectivity index (χ3v) is 2.68. The summed E-state index contributed by atoms with van der Waals surface area (Å²) in [7, 11) is -4.03. The van der Waals surface area contributed by atoms with Crippen LogP contribution in [0.15, 0.2) is 40.3 Å². The standard InChI is InChI=1S/C8H7F3N2O2S/c9-8(10,11)6-12-13-16(14,15)7-4-2-1-3-5-7/h1-6,13H. The van der Waals surface area contributed by atoms with Gasteiger partial charge in [0.15, 0.2) is 0 Å². The maximum atomic E-state index is 11.6. The van der Waals surface area contributed by atoms with Gasteiger partial charge < -0.3 is 0 Å². The summed E-state index contributed by atoms with van der Waals surface area (Å²) in [4.78, 5) is 1.30. The van der Waals surface area contributed by atoms with Crippen molar-refractivity contribution in [2.75, 3.05) is 0 Å². The van der Waals surface area contributed by atoms with E-state index in [2.05, 4.69) is 5.10 Å². The molecular formula is C8H7F3N2O2S. The molecule has 0 amide bonds. The molecular weight excluding hydrogens is 245 g/mol. The number of alkyl halides is 3. The summed E-state index contributed by atoms with van der Waals surface area (Å²) in [5, 5.41) is 2.60. The molecule has 0 bridgehead atoms. The van der Waals surface area contributed by atoms with Gasteiger partial charge in [0, 0.05) is 0 Å². The SMILES string of the molecule is O=S(=O)(NN=CC(F)(F)F)c1ccccc1. The molecule has 88 valence electrons. The Morgan fingerprint density at radius 1 is 1.19 bits per heavy atom. The molecule has 0 radical (unpaired) electrons. The first-order valence-electron chi connectivity index (χ1n) is 3.99. The third-order valence-electron chi connectivity index (χ3n) is 1.44. The van der Waals surface area contributed by atoms with Crippen LogP contribution in [0, 0.1) is 0 Å². The van der Waals surface area contributed by atoms with Crippen molar-refractivity contribution in [2.45, 2.75) is 11.1 Å². The van der Waals surface area contributed by atoms with E-state index in [1.165, 1.54) is 29.1 Å². The van der Waals surface area contributed by atoms with Crippen LogP contribution < -0.4 is 4.83 Å². The molecule has 0 saturated carbocycles. The van der Waals surface area contributed by atoms with E-state index in [-0.39, 0.29) is 4.90 Å². The molecule has 1 rings (SSSR count). The van der Waals surface area contributed by atoms with Crippen LogP contribution in [-0.2, 0) is 10.0 Å². The molecule has 4 nitrogen and oxygen atoms in total. The second kappa shape index (κ2) is 4.52. The Kier molecular flexibility index (Phi) is 3.53. The molecule has 0 aromatic heterocycles. The zero-order valence-electron chi connectivity index (χ0n) is 7.77. The van der Waals surface area contributed by atoms with Crippen LogP contribution >= 0.6 is 0 Å². The molecule has 1 N–H and O–H groups in total. The first kappa shape index (κ1) is 12.5. The number of benzene rings is 1. The Morgan fingerprint density at radius 2 is 1.75 bits per heavy atom. The average molecular weight is 252 g/mol. The smallest absolute Gasteiger partial charge is 0.200 e. The highest BCUT2D eigenvalue weighted by atomic mass is 32.2. The average Bonchev–Trinajstić information content (AvgIpc) is 2.17. The van der Waals surface area contributed by atoms with Crippen LogP contribution in [0.2, 0.25) is 0 Å². The number of hydrazone groups is 1. The Bertz CT molecular complexity index is 468. The van der Waals surface area contributed by atoms with E-state index in [0.29, 0.717) is 0 Å². The van der Waals surface area contributed by atoms with Crippen LogP contribution in [-0.4, -0.2) is 20.8 Å². The molecule has 0 unspecified atom stereocenters. The highest BCUT2D eigenvalue weighted by Gasteiger charge is 2.24. The highest BCUT2D eigenvalue weighted by Crippen LogP contribution is 2.11. The number of nitrogens with zero attached hydrogens (tertiary/aromatic N) is 1. The Morgan fingerprint density at radius 3 is 2.25 bits per heavy atom. The van der Waals surface area contributed by atoms with Crippen LogP contribution in [0.1, 0.15) is 0 Å². The van der Waals surface area contributed by atoms with Gasteiger partial charge in [0.2, 0.25) is 0 Å². The fourth-order valence-corrected chi connectivity index (χ4v) is 1.63. The summed E-state index contributed by atoms with van der Waals surface area (Å²) >= 11 is 0. The molecule has 0 aliphatic carbocycles. The van der Waals surface area contributed by atoms with Gasteiger partial charge in [0.25, 0.3) is 10.0 Å². The molecule has 8 heteroatoms. The van der Waals surface area contributed by atoms with Crippen molar-refractivity contribution in [3.8, 4) is 0 Å².